The van der Waals surface area contributed by atoms with Gasteiger partial charge in [-0.2, -0.15) is 4.31 Å². The minimum absolute atomic E-state index is 0.0153. The number of amides is 1. The van der Waals surface area contributed by atoms with Gasteiger partial charge in [-0.25, -0.2) is 8.42 Å². The van der Waals surface area contributed by atoms with Crippen LogP contribution in [0.25, 0.3) is 0 Å². The Labute approximate surface area is 144 Å². The number of aryl methyl sites for hydroxylation is 1. The normalized spacial score (nSPS) is 20.2. The van der Waals surface area contributed by atoms with Gasteiger partial charge < -0.3 is 10.0 Å². The lowest BCUT2D eigenvalue weighted by Gasteiger charge is -2.22. The number of aliphatic hydroxyl groups is 1. The molecule has 7 heteroatoms. The van der Waals surface area contributed by atoms with E-state index in [1.165, 1.54) is 4.90 Å². The van der Waals surface area contributed by atoms with Gasteiger partial charge in [0.25, 0.3) is 0 Å². The van der Waals surface area contributed by atoms with Crippen molar-refractivity contribution in [2.75, 3.05) is 25.4 Å². The molecular weight excluding hydrogens is 328 g/mol. The molecule has 1 unspecified atom stereocenters. The molecule has 0 aliphatic carbocycles. The van der Waals surface area contributed by atoms with Crippen LogP contribution in [-0.2, 0) is 21.4 Å². The molecule has 0 radical (unpaired) electrons. The summed E-state index contributed by atoms with van der Waals surface area (Å²) in [6.07, 6.45) is 0.442. The largest absolute Gasteiger partial charge is 0.390 e. The van der Waals surface area contributed by atoms with Gasteiger partial charge in [-0.3, -0.25) is 4.79 Å². The third-order valence-corrected chi connectivity index (χ3v) is 6.02. The molecule has 24 heavy (non-hydrogen) atoms. The molecule has 1 aliphatic heterocycles. The van der Waals surface area contributed by atoms with Crippen molar-refractivity contribution >= 4 is 15.9 Å². The van der Waals surface area contributed by atoms with Crippen LogP contribution in [-0.4, -0.2) is 60.1 Å². The molecule has 1 fully saturated rings. The molecule has 0 bridgehead atoms. The van der Waals surface area contributed by atoms with Gasteiger partial charge in [0.1, 0.15) is 0 Å². The van der Waals surface area contributed by atoms with Crippen LogP contribution in [0, 0.1) is 6.92 Å². The summed E-state index contributed by atoms with van der Waals surface area (Å²) in [4.78, 5) is 14.0. The van der Waals surface area contributed by atoms with Gasteiger partial charge in [0.05, 0.1) is 18.4 Å². The molecule has 0 saturated carbocycles. The number of β-amino-alcohol motifs (C(OH)–C–C–N with tert-alkyl or cyclic N) is 1. The van der Waals surface area contributed by atoms with Gasteiger partial charge in [-0.1, -0.05) is 43.2 Å². The van der Waals surface area contributed by atoms with Crippen LogP contribution in [0.1, 0.15) is 30.9 Å². The molecule has 1 aliphatic rings. The molecule has 1 N–H and O–H groups in total. The Morgan fingerprint density at radius 3 is 2.50 bits per heavy atom. The molecule has 1 aromatic carbocycles. The van der Waals surface area contributed by atoms with Crippen molar-refractivity contribution in [3.8, 4) is 0 Å². The van der Waals surface area contributed by atoms with Crippen molar-refractivity contribution in [1.29, 1.82) is 0 Å². The van der Waals surface area contributed by atoms with E-state index in [2.05, 4.69) is 0 Å². The second-order valence-corrected chi connectivity index (χ2v) is 8.46. The lowest BCUT2D eigenvalue weighted by Crippen LogP contribution is -2.40. The predicted molar refractivity (Wildman–Crippen MR) is 92.9 cm³/mol. The zero-order valence-corrected chi connectivity index (χ0v) is 15.1. The van der Waals surface area contributed by atoms with Gasteiger partial charge in [0.15, 0.2) is 0 Å². The number of nitrogens with zero attached hydrogens (tertiary/aromatic N) is 2. The first kappa shape index (κ1) is 18.9. The number of sulfonamides is 1. The molecule has 0 spiro atoms. The highest BCUT2D eigenvalue weighted by molar-refractivity contribution is 7.89. The summed E-state index contributed by atoms with van der Waals surface area (Å²) < 4.78 is 25.8. The molecule has 6 nitrogen and oxygen atoms in total. The lowest BCUT2D eigenvalue weighted by molar-refractivity contribution is -0.131. The summed E-state index contributed by atoms with van der Waals surface area (Å²) in [5.74, 6) is -0.256. The second kappa shape index (κ2) is 8.09. The van der Waals surface area contributed by atoms with Crippen molar-refractivity contribution in [2.45, 2.75) is 39.3 Å². The Hall–Kier alpha value is -1.44. The van der Waals surface area contributed by atoms with Crippen LogP contribution >= 0.6 is 0 Å². The van der Waals surface area contributed by atoms with E-state index in [1.54, 1.807) is 0 Å². The number of aliphatic hydroxyl groups excluding tert-OH is 1. The maximum atomic E-state index is 12.5. The summed E-state index contributed by atoms with van der Waals surface area (Å²) in [5, 5.41) is 10.2. The van der Waals surface area contributed by atoms with Crippen molar-refractivity contribution in [3.05, 3.63) is 35.4 Å². The molecule has 2 rings (SSSR count). The van der Waals surface area contributed by atoms with E-state index in [0.29, 0.717) is 13.0 Å². The van der Waals surface area contributed by atoms with Gasteiger partial charge in [-0.05, 0) is 18.9 Å². The molecule has 1 atom stereocenters. The van der Waals surface area contributed by atoms with Gasteiger partial charge in [-0.15, -0.1) is 0 Å². The lowest BCUT2D eigenvalue weighted by atomic mass is 10.1. The monoisotopic (exact) mass is 354 g/mol. The number of carbonyl (C=O) groups excluding carboxylic acids is 1. The van der Waals surface area contributed by atoms with E-state index in [4.69, 9.17) is 0 Å². The zero-order chi connectivity index (χ0) is 17.7. The summed E-state index contributed by atoms with van der Waals surface area (Å²) in [6.45, 7) is 4.20. The zero-order valence-electron chi connectivity index (χ0n) is 14.3. The molecule has 1 saturated heterocycles. The topological polar surface area (TPSA) is 77.9 Å². The Morgan fingerprint density at radius 1 is 1.21 bits per heavy atom. The first-order valence-corrected chi connectivity index (χ1v) is 9.92. The van der Waals surface area contributed by atoms with Crippen LogP contribution in [0.3, 0.4) is 0 Å². The number of benzene rings is 1. The molecular formula is C17H26N2O4S. The fraction of sp³-hybridized carbons (Fsp3) is 0.588. The maximum absolute atomic E-state index is 12.5. The first-order chi connectivity index (χ1) is 11.3. The predicted octanol–water partition coefficient (Wildman–Crippen LogP) is 1.13. The van der Waals surface area contributed by atoms with Crippen molar-refractivity contribution < 1.29 is 18.3 Å². The molecule has 0 aromatic heterocycles. The maximum Gasteiger partial charge on any atom is 0.238 e. The average molecular weight is 354 g/mol. The number of carbonyl (C=O) groups is 1. The smallest absolute Gasteiger partial charge is 0.238 e. The standard InChI is InChI=1S/C17H26N2O4S/c1-3-4-9-24(22,23)19-12-16(20)11-18(17(21)13-19)10-15-7-5-14(2)6-8-15/h5-8,16,20H,3-4,9-13H2,1-2H3. The van der Waals surface area contributed by atoms with E-state index in [9.17, 15) is 18.3 Å². The fourth-order valence-corrected chi connectivity index (χ4v) is 4.32. The molecule has 134 valence electrons. The van der Waals surface area contributed by atoms with Crippen LogP contribution in [0.5, 0.6) is 0 Å². The van der Waals surface area contributed by atoms with E-state index < -0.39 is 16.1 Å². The molecule has 1 heterocycles. The van der Waals surface area contributed by atoms with Crippen LogP contribution in [0.2, 0.25) is 0 Å². The van der Waals surface area contributed by atoms with Crippen LogP contribution in [0.4, 0.5) is 0 Å². The van der Waals surface area contributed by atoms with E-state index >= 15 is 0 Å². The highest BCUT2D eigenvalue weighted by Crippen LogP contribution is 2.15. The summed E-state index contributed by atoms with van der Waals surface area (Å²) in [6, 6.07) is 7.82. The first-order valence-electron chi connectivity index (χ1n) is 8.31. The van der Waals surface area contributed by atoms with Gasteiger partial charge in [0, 0.05) is 19.6 Å². The summed E-state index contributed by atoms with van der Waals surface area (Å²) in [5.41, 5.74) is 2.10. The van der Waals surface area contributed by atoms with E-state index in [-0.39, 0.29) is 31.3 Å². The average Bonchev–Trinajstić information content (AvgIpc) is 2.67. The minimum atomic E-state index is -3.51. The second-order valence-electron chi connectivity index (χ2n) is 6.38. The van der Waals surface area contributed by atoms with Crippen molar-refractivity contribution in [2.24, 2.45) is 0 Å². The SMILES string of the molecule is CCCCS(=O)(=O)N1CC(=O)N(Cc2ccc(C)cc2)CC(O)C1. The number of rotatable bonds is 6. The van der Waals surface area contributed by atoms with Crippen molar-refractivity contribution in [1.82, 2.24) is 9.21 Å². The minimum Gasteiger partial charge on any atom is -0.390 e. The number of hydrogen-bond acceptors (Lipinski definition) is 4. The Bertz CT molecular complexity index is 658. The Kier molecular flexibility index (Phi) is 6.37. The molecule has 1 amide bonds. The molecule has 1 aromatic rings. The third-order valence-electron chi connectivity index (χ3n) is 4.15. The fourth-order valence-electron chi connectivity index (χ4n) is 2.70. The number of unbranched alkanes of at least 4 members (excludes halogenated alkanes) is 1. The Morgan fingerprint density at radius 2 is 1.88 bits per heavy atom. The van der Waals surface area contributed by atoms with Gasteiger partial charge in [0.2, 0.25) is 15.9 Å². The summed E-state index contributed by atoms with van der Waals surface area (Å²) >= 11 is 0. The van der Waals surface area contributed by atoms with Crippen LogP contribution in [0.15, 0.2) is 24.3 Å². The Balaban J connectivity index is 2.09. The third kappa shape index (κ3) is 5.03. The quantitative estimate of drug-likeness (QED) is 0.831. The number of hydrogen-bond donors (Lipinski definition) is 1. The van der Waals surface area contributed by atoms with Crippen molar-refractivity contribution in [3.63, 3.8) is 0 Å². The highest BCUT2D eigenvalue weighted by atomic mass is 32.2. The summed E-state index contributed by atoms with van der Waals surface area (Å²) in [7, 11) is -3.51. The van der Waals surface area contributed by atoms with Gasteiger partial charge >= 0.3 is 0 Å². The van der Waals surface area contributed by atoms with Crippen LogP contribution < -0.4 is 0 Å². The van der Waals surface area contributed by atoms with E-state index in [1.807, 2.05) is 38.1 Å². The van der Waals surface area contributed by atoms with E-state index in [0.717, 1.165) is 21.9 Å². The highest BCUT2D eigenvalue weighted by Gasteiger charge is 2.32.